The van der Waals surface area contributed by atoms with Crippen LogP contribution < -0.4 is 0 Å². The number of alkyl halides is 6. The van der Waals surface area contributed by atoms with Gasteiger partial charge in [0.2, 0.25) is 0 Å². The molecule has 0 aliphatic carbocycles. The first-order chi connectivity index (χ1) is 12.9. The SMILES string of the molecule is CN1C(=O)/C(=C\c2ccc(-c3cc(C(F)(F)F)cc(C(F)(F)F)c3)o2)SC1=S. The molecule has 11 heteroatoms. The van der Waals surface area contributed by atoms with Gasteiger partial charge in [0, 0.05) is 18.7 Å². The van der Waals surface area contributed by atoms with Gasteiger partial charge in [-0.15, -0.1) is 0 Å². The molecule has 28 heavy (non-hydrogen) atoms. The van der Waals surface area contributed by atoms with Crippen molar-refractivity contribution in [2.24, 2.45) is 0 Å². The summed E-state index contributed by atoms with van der Waals surface area (Å²) < 4.78 is 83.5. The number of nitrogens with zero attached hydrogens (tertiary/aromatic N) is 1. The van der Waals surface area contributed by atoms with Crippen LogP contribution in [0, 0.1) is 0 Å². The average Bonchev–Trinajstić information content (AvgIpc) is 3.14. The fraction of sp³-hybridized carbons (Fsp3) is 0.176. The predicted octanol–water partition coefficient (Wildman–Crippen LogP) is 5.82. The molecule has 0 bridgehead atoms. The number of thiocarbonyl (C=S) groups is 1. The first-order valence-electron chi connectivity index (χ1n) is 7.47. The maximum atomic E-state index is 13.0. The lowest BCUT2D eigenvalue weighted by Crippen LogP contribution is -2.22. The number of likely N-dealkylation sites (N-methyl/N-ethyl adjacent to an activating group) is 1. The molecular formula is C17H9F6NO2S2. The molecule has 1 aromatic carbocycles. The van der Waals surface area contributed by atoms with Gasteiger partial charge in [-0.2, -0.15) is 26.3 Å². The van der Waals surface area contributed by atoms with Crippen LogP contribution in [0.15, 0.2) is 39.7 Å². The van der Waals surface area contributed by atoms with Gasteiger partial charge in [-0.1, -0.05) is 24.0 Å². The van der Waals surface area contributed by atoms with Crippen molar-refractivity contribution in [2.45, 2.75) is 12.4 Å². The van der Waals surface area contributed by atoms with Crippen LogP contribution in [0.3, 0.4) is 0 Å². The molecule has 0 unspecified atom stereocenters. The van der Waals surface area contributed by atoms with Crippen molar-refractivity contribution >= 4 is 40.3 Å². The molecule has 0 saturated carbocycles. The number of furan rings is 1. The smallest absolute Gasteiger partial charge is 0.416 e. The highest BCUT2D eigenvalue weighted by molar-refractivity contribution is 8.26. The topological polar surface area (TPSA) is 33.5 Å². The summed E-state index contributed by atoms with van der Waals surface area (Å²) in [6.45, 7) is 0. The highest BCUT2D eigenvalue weighted by atomic mass is 32.2. The van der Waals surface area contributed by atoms with Gasteiger partial charge in [-0.3, -0.25) is 9.69 Å². The van der Waals surface area contributed by atoms with Crippen LogP contribution in [0.5, 0.6) is 0 Å². The number of halogens is 6. The van der Waals surface area contributed by atoms with E-state index < -0.39 is 23.5 Å². The summed E-state index contributed by atoms with van der Waals surface area (Å²) in [7, 11) is 1.48. The van der Waals surface area contributed by atoms with E-state index in [2.05, 4.69) is 0 Å². The summed E-state index contributed by atoms with van der Waals surface area (Å²) >= 11 is 5.98. The molecule has 1 fully saturated rings. The van der Waals surface area contributed by atoms with Crippen LogP contribution >= 0.6 is 24.0 Å². The molecule has 3 nitrogen and oxygen atoms in total. The third-order valence-electron chi connectivity index (χ3n) is 3.76. The zero-order chi connectivity index (χ0) is 20.9. The zero-order valence-electron chi connectivity index (χ0n) is 13.8. The van der Waals surface area contributed by atoms with Gasteiger partial charge in [0.25, 0.3) is 5.91 Å². The van der Waals surface area contributed by atoms with Crippen molar-refractivity contribution in [1.82, 2.24) is 4.90 Å². The number of carbonyl (C=O) groups is 1. The van der Waals surface area contributed by atoms with Gasteiger partial charge >= 0.3 is 12.4 Å². The molecule has 2 aromatic rings. The molecule has 1 aromatic heterocycles. The Balaban J connectivity index is 2.01. The minimum absolute atomic E-state index is 0.0416. The highest BCUT2D eigenvalue weighted by Crippen LogP contribution is 2.39. The summed E-state index contributed by atoms with van der Waals surface area (Å²) in [5, 5.41) is 0. The molecule has 1 saturated heterocycles. The van der Waals surface area contributed by atoms with E-state index in [1.54, 1.807) is 0 Å². The average molecular weight is 437 g/mol. The second-order valence-corrected chi connectivity index (χ2v) is 7.41. The lowest BCUT2D eigenvalue weighted by Gasteiger charge is -2.13. The molecule has 1 aliphatic heterocycles. The maximum Gasteiger partial charge on any atom is 0.416 e. The van der Waals surface area contributed by atoms with Gasteiger partial charge in [0.1, 0.15) is 15.8 Å². The first kappa shape index (κ1) is 20.5. The molecule has 2 heterocycles. The summed E-state index contributed by atoms with van der Waals surface area (Å²) in [5.41, 5.74) is -3.27. The Morgan fingerprint density at radius 2 is 1.61 bits per heavy atom. The summed E-state index contributed by atoms with van der Waals surface area (Å²) in [4.78, 5) is 13.4. The van der Waals surface area contributed by atoms with Crippen molar-refractivity contribution in [3.63, 3.8) is 0 Å². The lowest BCUT2D eigenvalue weighted by atomic mass is 10.0. The minimum Gasteiger partial charge on any atom is -0.457 e. The monoisotopic (exact) mass is 437 g/mol. The van der Waals surface area contributed by atoms with Crippen molar-refractivity contribution in [3.05, 3.63) is 52.1 Å². The fourth-order valence-corrected chi connectivity index (χ4v) is 3.52. The second-order valence-electron chi connectivity index (χ2n) is 5.74. The highest BCUT2D eigenvalue weighted by Gasteiger charge is 2.37. The standard InChI is InChI=1S/C17H9F6NO2S2/c1-24-14(25)13(28-15(24)27)7-11-2-3-12(26-11)8-4-9(16(18,19)20)6-10(5-8)17(21,22)23/h2-7H,1H3/b13-7+. The Morgan fingerprint density at radius 1 is 1.04 bits per heavy atom. The number of hydrogen-bond donors (Lipinski definition) is 0. The summed E-state index contributed by atoms with van der Waals surface area (Å²) in [5.74, 6) is -0.490. The van der Waals surface area contributed by atoms with Gasteiger partial charge in [0.05, 0.1) is 16.0 Å². The largest absolute Gasteiger partial charge is 0.457 e. The molecule has 148 valence electrons. The molecule has 0 spiro atoms. The molecule has 1 amide bonds. The van der Waals surface area contributed by atoms with Crippen molar-refractivity contribution < 1.29 is 35.6 Å². The summed E-state index contributed by atoms with van der Waals surface area (Å²) in [6, 6.07) is 3.76. The Labute approximate surface area is 164 Å². The van der Waals surface area contributed by atoms with Crippen LogP contribution in [0.1, 0.15) is 16.9 Å². The van der Waals surface area contributed by atoms with Crippen LogP contribution in [-0.4, -0.2) is 22.2 Å². The Morgan fingerprint density at radius 3 is 2.07 bits per heavy atom. The van der Waals surface area contributed by atoms with Gasteiger partial charge < -0.3 is 4.42 Å². The van der Waals surface area contributed by atoms with Gasteiger partial charge in [0.15, 0.2) is 0 Å². The number of rotatable bonds is 2. The second kappa shape index (κ2) is 6.96. The van der Waals surface area contributed by atoms with E-state index >= 15 is 0 Å². The number of carbonyl (C=O) groups excluding carboxylic acids is 1. The lowest BCUT2D eigenvalue weighted by molar-refractivity contribution is -0.143. The quantitative estimate of drug-likeness (QED) is 0.337. The van der Waals surface area contributed by atoms with Crippen molar-refractivity contribution in [1.29, 1.82) is 0 Å². The van der Waals surface area contributed by atoms with E-state index in [1.807, 2.05) is 0 Å². The fourth-order valence-electron chi connectivity index (χ4n) is 2.36. The Hall–Kier alpha value is -2.27. The molecule has 1 aliphatic rings. The minimum atomic E-state index is -4.96. The van der Waals surface area contributed by atoms with Crippen molar-refractivity contribution in [3.8, 4) is 11.3 Å². The molecular weight excluding hydrogens is 428 g/mol. The van der Waals surface area contributed by atoms with E-state index in [0.29, 0.717) is 16.5 Å². The molecule has 3 rings (SSSR count). The number of amides is 1. The van der Waals surface area contributed by atoms with E-state index in [-0.39, 0.29) is 34.0 Å². The number of benzene rings is 1. The molecule has 0 N–H and O–H groups in total. The third kappa shape index (κ3) is 4.09. The van der Waals surface area contributed by atoms with Gasteiger partial charge in [-0.25, -0.2) is 0 Å². The Bertz CT molecular complexity index is 958. The van der Waals surface area contributed by atoms with Crippen molar-refractivity contribution in [2.75, 3.05) is 7.05 Å². The summed E-state index contributed by atoms with van der Waals surface area (Å²) in [6.07, 6.45) is -8.59. The predicted molar refractivity (Wildman–Crippen MR) is 95.1 cm³/mol. The van der Waals surface area contributed by atoms with Crippen LogP contribution in [0.25, 0.3) is 17.4 Å². The van der Waals surface area contributed by atoms with E-state index in [1.165, 1.54) is 30.2 Å². The number of thioether (sulfide) groups is 1. The zero-order valence-corrected chi connectivity index (χ0v) is 15.4. The van der Waals surface area contributed by atoms with E-state index in [0.717, 1.165) is 11.8 Å². The third-order valence-corrected chi connectivity index (χ3v) is 5.24. The van der Waals surface area contributed by atoms with Crippen LogP contribution in [-0.2, 0) is 17.1 Å². The normalized spacial score (nSPS) is 17.1. The number of hydrogen-bond acceptors (Lipinski definition) is 4. The van der Waals surface area contributed by atoms with Crippen LogP contribution in [0.4, 0.5) is 26.3 Å². The van der Waals surface area contributed by atoms with E-state index in [9.17, 15) is 31.1 Å². The molecule has 0 radical (unpaired) electrons. The maximum absolute atomic E-state index is 13.0. The van der Waals surface area contributed by atoms with Gasteiger partial charge in [-0.05, 0) is 30.3 Å². The Kier molecular flexibility index (Phi) is 5.09. The molecule has 0 atom stereocenters. The first-order valence-corrected chi connectivity index (χ1v) is 8.70. The van der Waals surface area contributed by atoms with E-state index in [4.69, 9.17) is 16.6 Å². The van der Waals surface area contributed by atoms with Crippen LogP contribution in [0.2, 0.25) is 0 Å².